The summed E-state index contributed by atoms with van der Waals surface area (Å²) < 4.78 is 0. The summed E-state index contributed by atoms with van der Waals surface area (Å²) in [6, 6.07) is 10.5. The molecular formula is C18H22ClN5. The van der Waals surface area contributed by atoms with E-state index in [9.17, 15) is 0 Å². The molecule has 0 saturated carbocycles. The lowest BCUT2D eigenvalue weighted by atomic mass is 9.79. The minimum absolute atomic E-state index is 0. The van der Waals surface area contributed by atoms with E-state index < -0.39 is 0 Å². The smallest absolute Gasteiger partial charge is 0.211 e. The Morgan fingerprint density at radius 2 is 1.83 bits per heavy atom. The van der Waals surface area contributed by atoms with Gasteiger partial charge in [-0.15, -0.1) is 17.5 Å². The molecule has 24 heavy (non-hydrogen) atoms. The highest BCUT2D eigenvalue weighted by atomic mass is 35.5. The monoisotopic (exact) mass is 343 g/mol. The van der Waals surface area contributed by atoms with Gasteiger partial charge in [-0.2, -0.15) is 5.10 Å². The van der Waals surface area contributed by atoms with Crippen molar-refractivity contribution in [1.82, 2.24) is 4.98 Å². The van der Waals surface area contributed by atoms with Gasteiger partial charge < -0.3 is 11.5 Å². The molecule has 126 valence electrons. The highest BCUT2D eigenvalue weighted by molar-refractivity contribution is 6.04. The number of hydrogen-bond acceptors (Lipinski definition) is 3. The molecule has 5 nitrogen and oxygen atoms in total. The zero-order valence-electron chi connectivity index (χ0n) is 13.9. The second-order valence-electron chi connectivity index (χ2n) is 5.98. The first-order valence-electron chi connectivity index (χ1n) is 7.72. The molecule has 0 amide bonds. The van der Waals surface area contributed by atoms with E-state index in [1.54, 1.807) is 0 Å². The lowest BCUT2D eigenvalue weighted by molar-refractivity contribution is 0.673. The molecule has 4 N–H and O–H groups in total. The lowest BCUT2D eigenvalue weighted by Gasteiger charge is -2.27. The summed E-state index contributed by atoms with van der Waals surface area (Å²) >= 11 is 0. The van der Waals surface area contributed by atoms with Crippen molar-refractivity contribution < 1.29 is 0 Å². The Kier molecular flexibility index (Phi) is 5.57. The fourth-order valence-electron chi connectivity index (χ4n) is 3.28. The number of benzene rings is 1. The summed E-state index contributed by atoms with van der Waals surface area (Å²) in [6.07, 6.45) is 3.57. The van der Waals surface area contributed by atoms with E-state index in [1.807, 2.05) is 12.3 Å². The third-order valence-electron chi connectivity index (χ3n) is 4.32. The number of rotatable bonds is 2. The Bertz CT molecular complexity index is 794. The third kappa shape index (κ3) is 3.57. The van der Waals surface area contributed by atoms with Crippen LogP contribution in [0.3, 0.4) is 0 Å². The molecule has 3 rings (SSSR count). The number of guanidine groups is 1. The Morgan fingerprint density at radius 1 is 1.08 bits per heavy atom. The van der Waals surface area contributed by atoms with Crippen LogP contribution in [0.4, 0.5) is 0 Å². The van der Waals surface area contributed by atoms with Gasteiger partial charge in [0.25, 0.3) is 0 Å². The molecule has 2 aromatic rings. The minimum atomic E-state index is -0.0291. The Labute approximate surface area is 148 Å². The molecule has 1 aromatic carbocycles. The molecule has 0 radical (unpaired) electrons. The number of fused-ring (bicyclic) bond motifs is 1. The molecule has 0 saturated heterocycles. The van der Waals surface area contributed by atoms with Crippen LogP contribution in [0, 0.1) is 13.8 Å². The van der Waals surface area contributed by atoms with E-state index >= 15 is 0 Å². The van der Waals surface area contributed by atoms with E-state index in [-0.39, 0.29) is 18.4 Å². The van der Waals surface area contributed by atoms with Crippen LogP contribution in [0.5, 0.6) is 0 Å². The van der Waals surface area contributed by atoms with Gasteiger partial charge in [0.15, 0.2) is 0 Å². The fraction of sp³-hybridized carbons (Fsp3) is 0.278. The van der Waals surface area contributed by atoms with Gasteiger partial charge >= 0.3 is 0 Å². The predicted octanol–water partition coefficient (Wildman–Crippen LogP) is 2.83. The molecule has 0 spiro atoms. The largest absolute Gasteiger partial charge is 0.369 e. The van der Waals surface area contributed by atoms with Crippen molar-refractivity contribution in [3.8, 4) is 0 Å². The highest BCUT2D eigenvalue weighted by Gasteiger charge is 2.28. The van der Waals surface area contributed by atoms with E-state index in [2.05, 4.69) is 53.3 Å². The van der Waals surface area contributed by atoms with Crippen molar-refractivity contribution in [3.63, 3.8) is 0 Å². The minimum Gasteiger partial charge on any atom is -0.369 e. The van der Waals surface area contributed by atoms with Gasteiger partial charge in [-0.1, -0.05) is 24.3 Å². The molecule has 6 heteroatoms. The van der Waals surface area contributed by atoms with Crippen molar-refractivity contribution in [3.05, 3.63) is 64.5 Å². The average molecular weight is 344 g/mol. The van der Waals surface area contributed by atoms with Crippen LogP contribution < -0.4 is 11.5 Å². The lowest BCUT2D eigenvalue weighted by Crippen LogP contribution is -2.24. The third-order valence-corrected chi connectivity index (χ3v) is 4.32. The van der Waals surface area contributed by atoms with Gasteiger partial charge in [0.2, 0.25) is 5.96 Å². The van der Waals surface area contributed by atoms with Crippen molar-refractivity contribution >= 4 is 24.1 Å². The SMILES string of the molecule is Cc1ccccc1C1CC(=NN=C(N)N)c2c(C)ccnc2C1.Cl. The van der Waals surface area contributed by atoms with Gasteiger partial charge in [0.1, 0.15) is 0 Å². The quantitative estimate of drug-likeness (QED) is 0.499. The van der Waals surface area contributed by atoms with Crippen LogP contribution in [-0.4, -0.2) is 16.7 Å². The summed E-state index contributed by atoms with van der Waals surface area (Å²) in [5, 5.41) is 8.18. The van der Waals surface area contributed by atoms with E-state index in [0.29, 0.717) is 5.92 Å². The maximum absolute atomic E-state index is 5.44. The number of aromatic nitrogens is 1. The van der Waals surface area contributed by atoms with Crippen LogP contribution in [0.2, 0.25) is 0 Å². The standard InChI is InChI=1S/C18H21N5.ClH/c1-11-5-3-4-6-14(11)13-9-15-17(12(2)7-8-21-15)16(10-13)22-23-18(19)20;/h3-8,13H,9-10H2,1-2H3,(H4,19,20,23);1H. The van der Waals surface area contributed by atoms with Gasteiger partial charge in [-0.05, 0) is 55.4 Å². The van der Waals surface area contributed by atoms with Crippen LogP contribution in [-0.2, 0) is 6.42 Å². The summed E-state index contributed by atoms with van der Waals surface area (Å²) in [5.74, 6) is 0.310. The topological polar surface area (TPSA) is 89.6 Å². The van der Waals surface area contributed by atoms with Crippen molar-refractivity contribution in [1.29, 1.82) is 0 Å². The summed E-state index contributed by atoms with van der Waals surface area (Å²) in [6.45, 7) is 4.21. The van der Waals surface area contributed by atoms with E-state index in [0.717, 1.165) is 35.4 Å². The maximum atomic E-state index is 5.44. The second-order valence-corrected chi connectivity index (χ2v) is 5.98. The number of nitrogens with zero attached hydrogens (tertiary/aromatic N) is 3. The van der Waals surface area contributed by atoms with Gasteiger partial charge in [-0.25, -0.2) is 0 Å². The normalized spacial score (nSPS) is 17.8. The predicted molar refractivity (Wildman–Crippen MR) is 101 cm³/mol. The number of aryl methyl sites for hydroxylation is 2. The Hall–Kier alpha value is -2.40. The molecule has 1 atom stereocenters. The van der Waals surface area contributed by atoms with Crippen molar-refractivity contribution in [2.75, 3.05) is 0 Å². The molecule has 0 bridgehead atoms. The van der Waals surface area contributed by atoms with Crippen molar-refractivity contribution in [2.45, 2.75) is 32.6 Å². The first kappa shape index (κ1) is 17.9. The molecule has 1 aliphatic carbocycles. The van der Waals surface area contributed by atoms with E-state index in [4.69, 9.17) is 11.5 Å². The van der Waals surface area contributed by atoms with Crippen molar-refractivity contribution in [2.24, 2.45) is 21.7 Å². The Morgan fingerprint density at radius 3 is 2.54 bits per heavy atom. The maximum Gasteiger partial charge on any atom is 0.211 e. The highest BCUT2D eigenvalue weighted by Crippen LogP contribution is 2.34. The zero-order chi connectivity index (χ0) is 16.4. The van der Waals surface area contributed by atoms with Gasteiger partial charge in [0, 0.05) is 11.8 Å². The van der Waals surface area contributed by atoms with Crippen LogP contribution in [0.15, 0.2) is 46.7 Å². The van der Waals surface area contributed by atoms with Gasteiger partial charge in [-0.3, -0.25) is 4.98 Å². The molecule has 1 aromatic heterocycles. The molecule has 1 heterocycles. The van der Waals surface area contributed by atoms with Crippen LogP contribution in [0.25, 0.3) is 0 Å². The molecule has 1 aliphatic rings. The summed E-state index contributed by atoms with van der Waals surface area (Å²) in [4.78, 5) is 4.57. The number of hydrogen-bond donors (Lipinski definition) is 2. The number of halogens is 1. The molecule has 0 aliphatic heterocycles. The fourth-order valence-corrected chi connectivity index (χ4v) is 3.28. The zero-order valence-corrected chi connectivity index (χ0v) is 14.7. The number of nitrogens with two attached hydrogens (primary N) is 2. The molecule has 1 unspecified atom stereocenters. The summed E-state index contributed by atoms with van der Waals surface area (Å²) in [5.41, 5.74) is 17.7. The first-order chi connectivity index (χ1) is 11.1. The average Bonchev–Trinajstić information content (AvgIpc) is 2.53. The Balaban J connectivity index is 0.00000208. The van der Waals surface area contributed by atoms with Crippen LogP contribution >= 0.6 is 12.4 Å². The number of pyridine rings is 1. The second kappa shape index (κ2) is 7.45. The molecule has 0 fully saturated rings. The summed E-state index contributed by atoms with van der Waals surface area (Å²) in [7, 11) is 0. The van der Waals surface area contributed by atoms with Gasteiger partial charge in [0.05, 0.1) is 11.4 Å². The first-order valence-corrected chi connectivity index (χ1v) is 7.72. The van der Waals surface area contributed by atoms with Crippen LogP contribution in [0.1, 0.15) is 40.3 Å². The van der Waals surface area contributed by atoms with E-state index in [1.165, 1.54) is 11.1 Å². The molecular weight excluding hydrogens is 322 g/mol.